The summed E-state index contributed by atoms with van der Waals surface area (Å²) in [5.74, 6) is 1.07. The Morgan fingerprint density at radius 1 is 1.27 bits per heavy atom. The van der Waals surface area contributed by atoms with E-state index in [9.17, 15) is 10.1 Å². The average Bonchev–Trinajstić information content (AvgIpc) is 3.24. The molecule has 0 aliphatic carbocycles. The molecule has 0 unspecified atom stereocenters. The van der Waals surface area contributed by atoms with E-state index in [0.717, 1.165) is 30.5 Å². The van der Waals surface area contributed by atoms with Crippen LogP contribution in [0, 0.1) is 10.1 Å². The third-order valence-electron chi connectivity index (χ3n) is 4.78. The van der Waals surface area contributed by atoms with E-state index in [2.05, 4.69) is 34.6 Å². The van der Waals surface area contributed by atoms with Gasteiger partial charge in [0.1, 0.15) is 5.75 Å². The molecule has 4 rings (SSSR count). The summed E-state index contributed by atoms with van der Waals surface area (Å²) in [6, 6.07) is 11.2. The molecule has 2 heterocycles. The highest BCUT2D eigenvalue weighted by atomic mass is 32.2. The van der Waals surface area contributed by atoms with Crippen molar-refractivity contribution in [3.8, 4) is 11.4 Å². The van der Waals surface area contributed by atoms with Gasteiger partial charge in [-0.25, -0.2) is 0 Å². The molecule has 0 spiro atoms. The minimum atomic E-state index is -0.410. The lowest BCUT2D eigenvalue weighted by Gasteiger charge is -2.20. The number of nitrogens with zero attached hydrogens (tertiary/aromatic N) is 5. The molecule has 30 heavy (non-hydrogen) atoms. The Kier molecular flexibility index (Phi) is 6.24. The smallest absolute Gasteiger partial charge is 0.270 e. The molecular formula is C20H21N5O4S. The van der Waals surface area contributed by atoms with E-state index in [1.807, 2.05) is 12.1 Å². The third-order valence-corrected chi connectivity index (χ3v) is 5.75. The van der Waals surface area contributed by atoms with Gasteiger partial charge in [0.2, 0.25) is 5.16 Å². The SMILES string of the molecule is CCCCc1ccc(-n2nnnc2SCc2cc([N+](=O)[O-])cc3c2OCOC3)cc1. The van der Waals surface area contributed by atoms with Crippen molar-refractivity contribution in [3.05, 3.63) is 63.2 Å². The number of unbranched alkanes of at least 4 members (excludes halogenated alkanes) is 1. The van der Waals surface area contributed by atoms with Crippen LogP contribution in [0.5, 0.6) is 5.75 Å². The molecule has 2 aromatic carbocycles. The van der Waals surface area contributed by atoms with Crippen LogP contribution in [0.2, 0.25) is 0 Å². The Balaban J connectivity index is 1.54. The Morgan fingerprint density at radius 2 is 2.10 bits per heavy atom. The fourth-order valence-electron chi connectivity index (χ4n) is 3.25. The lowest BCUT2D eigenvalue weighted by atomic mass is 10.1. The van der Waals surface area contributed by atoms with Crippen LogP contribution in [0.4, 0.5) is 5.69 Å². The van der Waals surface area contributed by atoms with E-state index in [1.165, 1.54) is 29.5 Å². The molecular weight excluding hydrogens is 406 g/mol. The van der Waals surface area contributed by atoms with Crippen molar-refractivity contribution in [1.29, 1.82) is 0 Å². The molecule has 0 bridgehead atoms. The number of nitro groups is 1. The van der Waals surface area contributed by atoms with Crippen LogP contribution < -0.4 is 4.74 Å². The van der Waals surface area contributed by atoms with Crippen molar-refractivity contribution in [2.24, 2.45) is 0 Å². The van der Waals surface area contributed by atoms with Gasteiger partial charge in [-0.1, -0.05) is 37.2 Å². The minimum Gasteiger partial charge on any atom is -0.467 e. The zero-order valence-corrected chi connectivity index (χ0v) is 17.3. The first-order chi connectivity index (χ1) is 14.7. The van der Waals surface area contributed by atoms with Gasteiger partial charge in [-0.15, -0.1) is 5.10 Å². The summed E-state index contributed by atoms with van der Waals surface area (Å²) in [5, 5.41) is 23.9. The molecule has 0 N–H and O–H groups in total. The first-order valence-corrected chi connectivity index (χ1v) is 10.7. The number of tetrazole rings is 1. The van der Waals surface area contributed by atoms with E-state index < -0.39 is 4.92 Å². The maximum absolute atomic E-state index is 11.3. The van der Waals surface area contributed by atoms with Gasteiger partial charge in [0, 0.05) is 29.0 Å². The van der Waals surface area contributed by atoms with E-state index >= 15 is 0 Å². The van der Waals surface area contributed by atoms with Crippen molar-refractivity contribution >= 4 is 17.4 Å². The highest BCUT2D eigenvalue weighted by Crippen LogP contribution is 2.36. The number of benzene rings is 2. The molecule has 0 saturated carbocycles. The van der Waals surface area contributed by atoms with Gasteiger partial charge in [-0.05, 0) is 41.0 Å². The Morgan fingerprint density at radius 3 is 2.87 bits per heavy atom. The van der Waals surface area contributed by atoms with Crippen molar-refractivity contribution in [1.82, 2.24) is 20.2 Å². The molecule has 0 atom stereocenters. The van der Waals surface area contributed by atoms with E-state index in [4.69, 9.17) is 9.47 Å². The van der Waals surface area contributed by atoms with Crippen LogP contribution in [0.3, 0.4) is 0 Å². The number of ether oxygens (including phenoxy) is 2. The van der Waals surface area contributed by atoms with Gasteiger partial charge < -0.3 is 9.47 Å². The number of hydrogen-bond acceptors (Lipinski definition) is 8. The standard InChI is InChI=1S/C20H21N5O4S/c1-2-3-4-14-5-7-17(8-6-14)24-20(21-22-23-24)30-12-16-10-18(25(26)27)9-15-11-28-13-29-19(15)16/h5-10H,2-4,11-13H2,1H3. The van der Waals surface area contributed by atoms with Crippen LogP contribution in [0.1, 0.15) is 36.5 Å². The summed E-state index contributed by atoms with van der Waals surface area (Å²) in [4.78, 5) is 10.9. The van der Waals surface area contributed by atoms with Crippen LogP contribution >= 0.6 is 11.8 Å². The number of thioether (sulfide) groups is 1. The van der Waals surface area contributed by atoms with E-state index in [1.54, 1.807) is 4.68 Å². The second-order valence-corrected chi connectivity index (χ2v) is 7.84. The number of fused-ring (bicyclic) bond motifs is 1. The normalized spacial score (nSPS) is 13.0. The molecule has 1 aliphatic rings. The fraction of sp³-hybridized carbons (Fsp3) is 0.350. The second-order valence-electron chi connectivity index (χ2n) is 6.89. The number of aryl methyl sites for hydroxylation is 1. The number of aromatic nitrogens is 4. The third kappa shape index (κ3) is 4.44. The van der Waals surface area contributed by atoms with Crippen molar-refractivity contribution < 1.29 is 14.4 Å². The highest BCUT2D eigenvalue weighted by Gasteiger charge is 2.22. The van der Waals surface area contributed by atoms with Crippen LogP contribution in [0.15, 0.2) is 41.6 Å². The lowest BCUT2D eigenvalue weighted by Crippen LogP contribution is -2.13. The number of non-ortho nitro benzene ring substituents is 1. The first-order valence-electron chi connectivity index (χ1n) is 9.67. The van der Waals surface area contributed by atoms with Gasteiger partial charge >= 0.3 is 0 Å². The van der Waals surface area contributed by atoms with Gasteiger partial charge in [0.25, 0.3) is 5.69 Å². The summed E-state index contributed by atoms with van der Waals surface area (Å²) >= 11 is 1.40. The summed E-state index contributed by atoms with van der Waals surface area (Å²) in [7, 11) is 0. The number of rotatable bonds is 8. The Bertz CT molecular complexity index is 1040. The highest BCUT2D eigenvalue weighted by molar-refractivity contribution is 7.98. The second kappa shape index (κ2) is 9.23. The molecule has 1 aromatic heterocycles. The number of nitro benzene ring substituents is 1. The van der Waals surface area contributed by atoms with Gasteiger partial charge in [-0.3, -0.25) is 10.1 Å². The maximum Gasteiger partial charge on any atom is 0.270 e. The van der Waals surface area contributed by atoms with E-state index in [-0.39, 0.29) is 19.1 Å². The average molecular weight is 427 g/mol. The minimum absolute atomic E-state index is 0.0145. The topological polar surface area (TPSA) is 105 Å². The number of hydrogen-bond donors (Lipinski definition) is 0. The van der Waals surface area contributed by atoms with Crippen molar-refractivity contribution in [3.63, 3.8) is 0 Å². The van der Waals surface area contributed by atoms with Gasteiger partial charge in [-0.2, -0.15) is 4.68 Å². The summed E-state index contributed by atoms with van der Waals surface area (Å²) in [6.45, 7) is 2.59. The molecule has 1 aliphatic heterocycles. The van der Waals surface area contributed by atoms with Crippen molar-refractivity contribution in [2.45, 2.75) is 43.7 Å². The van der Waals surface area contributed by atoms with Gasteiger partial charge in [0.15, 0.2) is 6.79 Å². The summed E-state index contributed by atoms with van der Waals surface area (Å²) in [5.41, 5.74) is 3.56. The molecule has 0 amide bonds. The van der Waals surface area contributed by atoms with Crippen molar-refractivity contribution in [2.75, 3.05) is 6.79 Å². The van der Waals surface area contributed by atoms with Gasteiger partial charge in [0.05, 0.1) is 17.2 Å². The van der Waals surface area contributed by atoms with Crippen LogP contribution in [0.25, 0.3) is 5.69 Å². The first kappa shape index (κ1) is 20.3. The molecule has 0 fully saturated rings. The summed E-state index contributed by atoms with van der Waals surface area (Å²) in [6.07, 6.45) is 3.37. The molecule has 10 heteroatoms. The molecule has 9 nitrogen and oxygen atoms in total. The van der Waals surface area contributed by atoms with Crippen LogP contribution in [-0.2, 0) is 23.5 Å². The fourth-order valence-corrected chi connectivity index (χ4v) is 4.11. The predicted molar refractivity (Wildman–Crippen MR) is 111 cm³/mol. The molecule has 3 aromatic rings. The molecule has 0 saturated heterocycles. The van der Waals surface area contributed by atoms with E-state index in [0.29, 0.717) is 22.2 Å². The lowest BCUT2D eigenvalue weighted by molar-refractivity contribution is -0.385. The monoisotopic (exact) mass is 427 g/mol. The zero-order chi connectivity index (χ0) is 20.9. The maximum atomic E-state index is 11.3. The predicted octanol–water partition coefficient (Wildman–Crippen LogP) is 4.07. The summed E-state index contributed by atoms with van der Waals surface area (Å²) < 4.78 is 12.5. The Hall–Kier alpha value is -2.98. The molecule has 0 radical (unpaired) electrons. The molecule has 156 valence electrons. The Labute approximate surface area is 177 Å². The zero-order valence-electron chi connectivity index (χ0n) is 16.5. The quantitative estimate of drug-likeness (QED) is 0.301. The largest absolute Gasteiger partial charge is 0.467 e. The van der Waals surface area contributed by atoms with Crippen LogP contribution in [-0.4, -0.2) is 31.9 Å².